The molecule has 0 aliphatic carbocycles. The highest BCUT2D eigenvalue weighted by Crippen LogP contribution is 2.34. The van der Waals surface area contributed by atoms with E-state index in [1.165, 1.54) is 35.0 Å². The van der Waals surface area contributed by atoms with Crippen molar-refractivity contribution in [1.82, 2.24) is 20.1 Å². The van der Waals surface area contributed by atoms with Crippen molar-refractivity contribution in [2.24, 2.45) is 0 Å². The van der Waals surface area contributed by atoms with Crippen LogP contribution >= 0.6 is 0 Å². The third kappa shape index (κ3) is 2.29. The van der Waals surface area contributed by atoms with Crippen LogP contribution in [0.2, 0.25) is 0 Å². The Bertz CT molecular complexity index is 787. The Morgan fingerprint density at radius 1 is 1.27 bits per heavy atom. The van der Waals surface area contributed by atoms with Crippen LogP contribution in [0.15, 0.2) is 42.7 Å². The molecule has 0 spiro atoms. The summed E-state index contributed by atoms with van der Waals surface area (Å²) in [4.78, 5) is 7.02. The van der Waals surface area contributed by atoms with Gasteiger partial charge in [-0.2, -0.15) is 5.10 Å². The van der Waals surface area contributed by atoms with Gasteiger partial charge in [0.25, 0.3) is 0 Å². The number of aryl methyl sites for hydroxylation is 1. The summed E-state index contributed by atoms with van der Waals surface area (Å²) in [6, 6.07) is 11.1. The quantitative estimate of drug-likeness (QED) is 0.802. The zero-order valence-corrected chi connectivity index (χ0v) is 12.8. The number of hydrogen-bond acceptors (Lipinski definition) is 3. The lowest BCUT2D eigenvalue weighted by Crippen LogP contribution is -2.23. The molecule has 112 valence electrons. The molecular formula is C18H20N4. The molecule has 1 saturated heterocycles. The van der Waals surface area contributed by atoms with Crippen LogP contribution in [0.4, 0.5) is 0 Å². The van der Waals surface area contributed by atoms with Gasteiger partial charge in [0.15, 0.2) is 0 Å². The average Bonchev–Trinajstić information content (AvgIpc) is 3.16. The summed E-state index contributed by atoms with van der Waals surface area (Å²) in [5.74, 6) is 0. The number of pyridine rings is 1. The first-order valence-corrected chi connectivity index (χ1v) is 7.89. The number of H-pyrrole nitrogens is 1. The van der Waals surface area contributed by atoms with Crippen molar-refractivity contribution in [2.75, 3.05) is 6.54 Å². The second kappa shape index (κ2) is 5.54. The van der Waals surface area contributed by atoms with E-state index in [2.05, 4.69) is 51.3 Å². The summed E-state index contributed by atoms with van der Waals surface area (Å²) < 4.78 is 0. The highest BCUT2D eigenvalue weighted by atomic mass is 15.2. The predicted octanol–water partition coefficient (Wildman–Crippen LogP) is 3.60. The molecule has 1 fully saturated rings. The molecule has 4 nitrogen and oxygen atoms in total. The van der Waals surface area contributed by atoms with E-state index in [9.17, 15) is 0 Å². The minimum atomic E-state index is 0.453. The number of hydrogen-bond donors (Lipinski definition) is 1. The molecule has 3 aromatic rings. The zero-order valence-electron chi connectivity index (χ0n) is 12.8. The number of fused-ring (bicyclic) bond motifs is 1. The number of nitrogens with zero attached hydrogens (tertiary/aromatic N) is 3. The van der Waals surface area contributed by atoms with Gasteiger partial charge in [-0.05, 0) is 49.6 Å². The molecule has 0 amide bonds. The molecule has 4 heteroatoms. The van der Waals surface area contributed by atoms with Crippen LogP contribution in [0.3, 0.4) is 0 Å². The topological polar surface area (TPSA) is 44.8 Å². The molecule has 0 saturated carbocycles. The third-order valence-electron chi connectivity index (χ3n) is 4.67. The second-order valence-corrected chi connectivity index (χ2v) is 6.08. The van der Waals surface area contributed by atoms with Gasteiger partial charge in [0.05, 0.1) is 23.4 Å². The van der Waals surface area contributed by atoms with Gasteiger partial charge in [0.2, 0.25) is 0 Å². The molecule has 0 radical (unpaired) electrons. The highest BCUT2D eigenvalue weighted by Gasteiger charge is 2.28. The number of nitrogens with one attached hydrogen (secondary N) is 1. The van der Waals surface area contributed by atoms with Crippen molar-refractivity contribution < 1.29 is 0 Å². The van der Waals surface area contributed by atoms with Gasteiger partial charge in [-0.1, -0.05) is 18.2 Å². The minimum absolute atomic E-state index is 0.453. The lowest BCUT2D eigenvalue weighted by Gasteiger charge is -2.24. The fraction of sp³-hybridized carbons (Fsp3) is 0.333. The predicted molar refractivity (Wildman–Crippen MR) is 87.5 cm³/mol. The molecule has 2 aromatic heterocycles. The molecule has 1 N–H and O–H groups in total. The molecule has 0 bridgehead atoms. The van der Waals surface area contributed by atoms with E-state index in [1.54, 1.807) is 0 Å². The van der Waals surface area contributed by atoms with Gasteiger partial charge in [-0.15, -0.1) is 0 Å². The normalized spacial score (nSPS) is 19.0. The van der Waals surface area contributed by atoms with Gasteiger partial charge < -0.3 is 0 Å². The van der Waals surface area contributed by atoms with Crippen LogP contribution in [0.1, 0.15) is 35.7 Å². The van der Waals surface area contributed by atoms with Crippen LogP contribution in [-0.2, 0) is 6.54 Å². The Morgan fingerprint density at radius 2 is 2.23 bits per heavy atom. The lowest BCUT2D eigenvalue weighted by atomic mass is 10.1. The number of benzene rings is 1. The number of rotatable bonds is 3. The molecule has 1 aromatic carbocycles. The van der Waals surface area contributed by atoms with Crippen molar-refractivity contribution in [3.8, 4) is 0 Å². The Balaban J connectivity index is 1.66. The minimum Gasteiger partial charge on any atom is -0.291 e. The van der Waals surface area contributed by atoms with Crippen molar-refractivity contribution >= 4 is 10.9 Å². The standard InChI is InChI=1S/C18H20N4/c1-13-11-20-21-18(13)17-8-4-10-22(17)12-14-5-2-7-16-15(14)6-3-9-19-16/h2-3,5-7,9,11,17H,4,8,10,12H2,1H3,(H,20,21)/t17-/m0/s1. The van der Waals surface area contributed by atoms with Crippen LogP contribution < -0.4 is 0 Å². The van der Waals surface area contributed by atoms with Crippen molar-refractivity contribution in [1.29, 1.82) is 0 Å². The molecule has 3 heterocycles. The molecule has 0 unspecified atom stereocenters. The van der Waals surface area contributed by atoms with E-state index in [0.29, 0.717) is 6.04 Å². The van der Waals surface area contributed by atoms with Gasteiger partial charge in [0.1, 0.15) is 0 Å². The first-order valence-electron chi connectivity index (χ1n) is 7.89. The molecule has 1 aliphatic rings. The highest BCUT2D eigenvalue weighted by molar-refractivity contribution is 5.81. The van der Waals surface area contributed by atoms with Crippen molar-refractivity contribution in [3.05, 3.63) is 59.5 Å². The van der Waals surface area contributed by atoms with Crippen LogP contribution in [-0.4, -0.2) is 26.6 Å². The number of likely N-dealkylation sites (tertiary alicyclic amines) is 1. The third-order valence-corrected chi connectivity index (χ3v) is 4.67. The Labute approximate surface area is 130 Å². The Morgan fingerprint density at radius 3 is 3.09 bits per heavy atom. The van der Waals surface area contributed by atoms with Crippen LogP contribution in [0.5, 0.6) is 0 Å². The monoisotopic (exact) mass is 292 g/mol. The van der Waals surface area contributed by atoms with Crippen LogP contribution in [0.25, 0.3) is 10.9 Å². The van der Waals surface area contributed by atoms with E-state index in [4.69, 9.17) is 0 Å². The van der Waals surface area contributed by atoms with Crippen LogP contribution in [0, 0.1) is 6.92 Å². The summed E-state index contributed by atoms with van der Waals surface area (Å²) in [5, 5.41) is 8.65. The molecule has 1 aliphatic heterocycles. The lowest BCUT2D eigenvalue weighted by molar-refractivity contribution is 0.244. The van der Waals surface area contributed by atoms with E-state index >= 15 is 0 Å². The number of aromatic amines is 1. The van der Waals surface area contributed by atoms with E-state index in [-0.39, 0.29) is 0 Å². The SMILES string of the molecule is Cc1cn[nH]c1[C@@H]1CCCN1Cc1cccc2ncccc12. The van der Waals surface area contributed by atoms with Crippen molar-refractivity contribution in [2.45, 2.75) is 32.4 Å². The number of aromatic nitrogens is 3. The maximum Gasteiger partial charge on any atom is 0.0705 e. The van der Waals surface area contributed by atoms with E-state index in [0.717, 1.165) is 18.6 Å². The second-order valence-electron chi connectivity index (χ2n) is 6.08. The zero-order chi connectivity index (χ0) is 14.9. The van der Waals surface area contributed by atoms with Gasteiger partial charge in [-0.3, -0.25) is 15.0 Å². The fourth-order valence-electron chi connectivity index (χ4n) is 3.56. The average molecular weight is 292 g/mol. The summed E-state index contributed by atoms with van der Waals surface area (Å²) >= 11 is 0. The first-order chi connectivity index (χ1) is 10.8. The smallest absolute Gasteiger partial charge is 0.0705 e. The van der Waals surface area contributed by atoms with Gasteiger partial charge in [-0.25, -0.2) is 0 Å². The molecular weight excluding hydrogens is 272 g/mol. The fourth-order valence-corrected chi connectivity index (χ4v) is 3.56. The summed E-state index contributed by atoms with van der Waals surface area (Å²) in [6.07, 6.45) is 6.23. The van der Waals surface area contributed by atoms with E-state index in [1.807, 2.05) is 18.5 Å². The molecule has 22 heavy (non-hydrogen) atoms. The first kappa shape index (κ1) is 13.5. The van der Waals surface area contributed by atoms with Crippen molar-refractivity contribution in [3.63, 3.8) is 0 Å². The van der Waals surface area contributed by atoms with Gasteiger partial charge >= 0.3 is 0 Å². The Hall–Kier alpha value is -2.20. The maximum absolute atomic E-state index is 4.46. The summed E-state index contributed by atoms with van der Waals surface area (Å²) in [7, 11) is 0. The van der Waals surface area contributed by atoms with Gasteiger partial charge in [0, 0.05) is 18.1 Å². The largest absolute Gasteiger partial charge is 0.291 e. The maximum atomic E-state index is 4.46. The Kier molecular flexibility index (Phi) is 3.39. The molecule has 4 rings (SSSR count). The molecule has 1 atom stereocenters. The van der Waals surface area contributed by atoms with E-state index < -0.39 is 0 Å². The summed E-state index contributed by atoms with van der Waals surface area (Å²) in [6.45, 7) is 4.24. The summed E-state index contributed by atoms with van der Waals surface area (Å²) in [5.41, 5.74) is 4.97.